The molecule has 0 fully saturated rings. The number of nitrogens with two attached hydrogens (primary N) is 1. The van der Waals surface area contributed by atoms with Gasteiger partial charge in [-0.05, 0) is 57.5 Å². The van der Waals surface area contributed by atoms with E-state index in [1.807, 2.05) is 52.0 Å². The fourth-order valence-electron chi connectivity index (χ4n) is 2.26. The number of hydrogen-bond donors (Lipinski definition) is 3. The largest absolute Gasteiger partial charge is 0.347 e. The number of halogens is 1. The Morgan fingerprint density at radius 3 is 2.00 bits per heavy atom. The zero-order valence-corrected chi connectivity index (χ0v) is 16.3. The van der Waals surface area contributed by atoms with Gasteiger partial charge in [0.1, 0.15) is 6.04 Å². The van der Waals surface area contributed by atoms with E-state index in [9.17, 15) is 9.59 Å². The molecule has 0 saturated carbocycles. The van der Waals surface area contributed by atoms with E-state index in [1.165, 1.54) is 0 Å². The summed E-state index contributed by atoms with van der Waals surface area (Å²) in [6.07, 6.45) is 0. The molecule has 26 heavy (non-hydrogen) atoms. The van der Waals surface area contributed by atoms with Crippen molar-refractivity contribution < 1.29 is 9.59 Å². The summed E-state index contributed by atoms with van der Waals surface area (Å²) in [6, 6.07) is 13.5. The summed E-state index contributed by atoms with van der Waals surface area (Å²) in [6.45, 7) is 7.75. The monoisotopic (exact) mass is 375 g/mol. The molecule has 1 unspecified atom stereocenters. The molecule has 0 aliphatic rings. The van der Waals surface area contributed by atoms with Crippen LogP contribution in [0.3, 0.4) is 0 Å². The van der Waals surface area contributed by atoms with Crippen molar-refractivity contribution in [2.45, 2.75) is 39.3 Å². The number of hydrogen-bond acceptors (Lipinski definition) is 3. The summed E-state index contributed by atoms with van der Waals surface area (Å²) in [4.78, 5) is 24.4. The molecule has 140 valence electrons. The van der Waals surface area contributed by atoms with Crippen molar-refractivity contribution in [3.63, 3.8) is 0 Å². The molecule has 0 saturated heterocycles. The van der Waals surface area contributed by atoms with Crippen LogP contribution >= 0.6 is 12.4 Å². The summed E-state index contributed by atoms with van der Waals surface area (Å²) >= 11 is 0. The van der Waals surface area contributed by atoms with Gasteiger partial charge in [-0.15, -0.1) is 12.4 Å². The average molecular weight is 376 g/mol. The smallest absolute Gasteiger partial charge is 0.251 e. The first-order chi connectivity index (χ1) is 11.7. The van der Waals surface area contributed by atoms with Crippen LogP contribution in [0, 0.1) is 6.92 Å². The van der Waals surface area contributed by atoms with Crippen LogP contribution < -0.4 is 16.4 Å². The Kier molecular flexibility index (Phi) is 7.36. The van der Waals surface area contributed by atoms with Crippen molar-refractivity contribution in [2.75, 3.05) is 5.32 Å². The average Bonchev–Trinajstić information content (AvgIpc) is 2.54. The minimum atomic E-state index is -0.746. The quantitative estimate of drug-likeness (QED) is 0.763. The summed E-state index contributed by atoms with van der Waals surface area (Å²) in [5.41, 5.74) is 8.71. The predicted octanol–water partition coefficient (Wildman–Crippen LogP) is 3.58. The third kappa shape index (κ3) is 6.17. The Hall–Kier alpha value is -2.37. The van der Waals surface area contributed by atoms with Crippen LogP contribution in [0.25, 0.3) is 0 Å². The fourth-order valence-corrected chi connectivity index (χ4v) is 2.26. The van der Waals surface area contributed by atoms with Crippen molar-refractivity contribution >= 4 is 29.9 Å². The molecule has 0 spiro atoms. The Labute approximate surface area is 160 Å². The van der Waals surface area contributed by atoms with E-state index < -0.39 is 6.04 Å². The van der Waals surface area contributed by atoms with Crippen molar-refractivity contribution in [1.82, 2.24) is 5.32 Å². The number of anilines is 1. The van der Waals surface area contributed by atoms with Crippen LogP contribution in [0.5, 0.6) is 0 Å². The lowest BCUT2D eigenvalue weighted by molar-refractivity contribution is -0.117. The van der Waals surface area contributed by atoms with Gasteiger partial charge in [0.15, 0.2) is 0 Å². The molecule has 1 atom stereocenters. The molecular weight excluding hydrogens is 350 g/mol. The van der Waals surface area contributed by atoms with Crippen molar-refractivity contribution in [3.05, 3.63) is 65.2 Å². The fraction of sp³-hybridized carbons (Fsp3) is 0.300. The van der Waals surface area contributed by atoms with Gasteiger partial charge in [-0.2, -0.15) is 0 Å². The van der Waals surface area contributed by atoms with Crippen LogP contribution in [0.4, 0.5) is 5.69 Å². The van der Waals surface area contributed by atoms with Gasteiger partial charge in [-0.25, -0.2) is 0 Å². The minimum Gasteiger partial charge on any atom is -0.347 e. The highest BCUT2D eigenvalue weighted by atomic mass is 35.5. The highest BCUT2D eigenvalue weighted by Gasteiger charge is 2.17. The highest BCUT2D eigenvalue weighted by molar-refractivity contribution is 5.97. The third-order valence-corrected chi connectivity index (χ3v) is 3.62. The molecule has 2 amide bonds. The highest BCUT2D eigenvalue weighted by Crippen LogP contribution is 2.16. The molecular formula is C20H26ClN3O2. The maximum Gasteiger partial charge on any atom is 0.251 e. The Bertz CT molecular complexity index is 750. The van der Waals surface area contributed by atoms with Crippen LogP contribution in [-0.4, -0.2) is 17.4 Å². The number of aryl methyl sites for hydroxylation is 1. The van der Waals surface area contributed by atoms with Gasteiger partial charge >= 0.3 is 0 Å². The van der Waals surface area contributed by atoms with Crippen LogP contribution in [0.2, 0.25) is 0 Å². The van der Waals surface area contributed by atoms with E-state index in [1.54, 1.807) is 24.3 Å². The first-order valence-corrected chi connectivity index (χ1v) is 8.21. The lowest BCUT2D eigenvalue weighted by Gasteiger charge is -2.20. The summed E-state index contributed by atoms with van der Waals surface area (Å²) in [7, 11) is 0. The van der Waals surface area contributed by atoms with Gasteiger partial charge in [0.25, 0.3) is 5.91 Å². The van der Waals surface area contributed by atoms with Gasteiger partial charge in [-0.1, -0.05) is 29.8 Å². The van der Waals surface area contributed by atoms with Gasteiger partial charge in [0.2, 0.25) is 5.91 Å². The Balaban J connectivity index is 0.00000338. The Morgan fingerprint density at radius 1 is 0.962 bits per heavy atom. The van der Waals surface area contributed by atoms with Gasteiger partial charge in [0, 0.05) is 16.8 Å². The summed E-state index contributed by atoms with van der Waals surface area (Å²) in [5.74, 6) is -0.447. The molecule has 0 aliphatic heterocycles. The van der Waals surface area contributed by atoms with E-state index in [0.717, 1.165) is 11.1 Å². The van der Waals surface area contributed by atoms with E-state index in [2.05, 4.69) is 10.6 Å². The van der Waals surface area contributed by atoms with Gasteiger partial charge in [-0.3, -0.25) is 9.59 Å². The molecule has 0 aliphatic carbocycles. The second-order valence-electron chi connectivity index (χ2n) is 7.16. The second-order valence-corrected chi connectivity index (χ2v) is 7.16. The van der Waals surface area contributed by atoms with Crippen LogP contribution in [-0.2, 0) is 4.79 Å². The van der Waals surface area contributed by atoms with Crippen molar-refractivity contribution in [3.8, 4) is 0 Å². The lowest BCUT2D eigenvalue weighted by atomic mass is 10.1. The molecule has 2 aromatic carbocycles. The number of benzene rings is 2. The van der Waals surface area contributed by atoms with Gasteiger partial charge < -0.3 is 16.4 Å². The summed E-state index contributed by atoms with van der Waals surface area (Å²) < 4.78 is 0. The van der Waals surface area contributed by atoms with E-state index in [4.69, 9.17) is 5.73 Å². The van der Waals surface area contributed by atoms with E-state index in [0.29, 0.717) is 11.3 Å². The molecule has 4 N–H and O–H groups in total. The second kappa shape index (κ2) is 8.83. The van der Waals surface area contributed by atoms with E-state index in [-0.39, 0.29) is 29.8 Å². The van der Waals surface area contributed by atoms with Crippen molar-refractivity contribution in [2.24, 2.45) is 5.73 Å². The standard InChI is InChI=1S/C20H25N3O2.ClH/c1-13-5-7-14(8-6-13)17(21)19(25)22-16-11-9-15(10-12-16)18(24)23-20(2,3)4;/h5-12,17H,21H2,1-4H3,(H,22,25)(H,23,24);1H. The van der Waals surface area contributed by atoms with Crippen LogP contribution in [0.1, 0.15) is 48.3 Å². The lowest BCUT2D eigenvalue weighted by Crippen LogP contribution is -2.40. The minimum absolute atomic E-state index is 0. The van der Waals surface area contributed by atoms with Crippen LogP contribution in [0.15, 0.2) is 48.5 Å². The topological polar surface area (TPSA) is 84.2 Å². The molecule has 0 bridgehead atoms. The molecule has 0 radical (unpaired) electrons. The molecule has 0 heterocycles. The van der Waals surface area contributed by atoms with Crippen molar-refractivity contribution in [1.29, 1.82) is 0 Å². The third-order valence-electron chi connectivity index (χ3n) is 3.62. The van der Waals surface area contributed by atoms with Gasteiger partial charge in [0.05, 0.1) is 0 Å². The number of amides is 2. The molecule has 0 aromatic heterocycles. The zero-order chi connectivity index (χ0) is 18.6. The normalized spacial score (nSPS) is 11.9. The van der Waals surface area contributed by atoms with E-state index >= 15 is 0 Å². The number of carbonyl (C=O) groups is 2. The predicted molar refractivity (Wildman–Crippen MR) is 108 cm³/mol. The SMILES string of the molecule is Cc1ccc(C(N)C(=O)Nc2ccc(C(=O)NC(C)(C)C)cc2)cc1.Cl. The molecule has 5 nitrogen and oxygen atoms in total. The number of nitrogens with one attached hydrogen (secondary N) is 2. The number of carbonyl (C=O) groups excluding carboxylic acids is 2. The molecule has 2 aromatic rings. The number of rotatable bonds is 4. The first kappa shape index (κ1) is 21.7. The zero-order valence-electron chi connectivity index (χ0n) is 15.5. The molecule has 6 heteroatoms. The maximum absolute atomic E-state index is 12.3. The Morgan fingerprint density at radius 2 is 1.50 bits per heavy atom. The maximum atomic E-state index is 12.3. The molecule has 2 rings (SSSR count). The summed E-state index contributed by atoms with van der Waals surface area (Å²) in [5, 5.41) is 5.67. The first-order valence-electron chi connectivity index (χ1n) is 8.21.